The first-order valence-electron chi connectivity index (χ1n) is 4.72. The third-order valence-corrected chi connectivity index (χ3v) is 6.25. The highest BCUT2D eigenvalue weighted by Gasteiger charge is 2.00. The molecule has 2 rings (SSSR count). The molecule has 18 heavy (non-hydrogen) atoms. The van der Waals surface area contributed by atoms with Gasteiger partial charge in [-0.2, -0.15) is 15.0 Å². The maximum absolute atomic E-state index is 4.37. The largest absolute Gasteiger partial charge is 0.260 e. The van der Waals surface area contributed by atoms with E-state index in [2.05, 4.69) is 24.9 Å². The van der Waals surface area contributed by atoms with Crippen LogP contribution < -0.4 is 9.60 Å². The van der Waals surface area contributed by atoms with Crippen LogP contribution in [-0.2, 0) is 0 Å². The van der Waals surface area contributed by atoms with Crippen LogP contribution in [0.25, 0.3) is 0 Å². The number of rotatable bonds is 2. The van der Waals surface area contributed by atoms with Gasteiger partial charge >= 0.3 is 0 Å². The fourth-order valence-electron chi connectivity index (χ4n) is 0.868. The molecule has 0 aliphatic rings. The average Bonchev–Trinajstić information content (AvgIpc) is 2.99. The molecule has 0 aromatic carbocycles. The van der Waals surface area contributed by atoms with E-state index in [0.717, 1.165) is 15.0 Å². The Morgan fingerprint density at radius 2 is 1.72 bits per heavy atom. The molecular weight excluding hydrogens is 326 g/mol. The van der Waals surface area contributed by atoms with E-state index in [4.69, 9.17) is 0 Å². The van der Waals surface area contributed by atoms with Crippen LogP contribution >= 0.6 is 53.1 Å². The van der Waals surface area contributed by atoms with E-state index in [-0.39, 0.29) is 0 Å². The molecule has 0 spiro atoms. The first-order chi connectivity index (χ1) is 8.71. The minimum atomic E-state index is 0.692. The van der Waals surface area contributed by atoms with Gasteiger partial charge in [0, 0.05) is 7.05 Å². The van der Waals surface area contributed by atoms with Gasteiger partial charge in [-0.15, -0.1) is 11.8 Å². The zero-order valence-corrected chi connectivity index (χ0v) is 13.9. The lowest BCUT2D eigenvalue weighted by molar-refractivity contribution is 1.15. The lowest BCUT2D eigenvalue weighted by Crippen LogP contribution is -1.98. The van der Waals surface area contributed by atoms with Crippen LogP contribution in [0.2, 0.25) is 0 Å². The second-order valence-corrected chi connectivity index (χ2v) is 7.98. The third-order valence-electron chi connectivity index (χ3n) is 1.70. The molecular formula is C8H9N5S5. The van der Waals surface area contributed by atoms with Crippen LogP contribution in [0.15, 0.2) is 15.0 Å². The van der Waals surface area contributed by atoms with E-state index >= 15 is 0 Å². The summed E-state index contributed by atoms with van der Waals surface area (Å²) in [6.07, 6.45) is 1.99. The first-order valence-corrected chi connectivity index (χ1v) is 10.2. The molecule has 0 bridgehead atoms. The third kappa shape index (κ3) is 3.79. The van der Waals surface area contributed by atoms with Crippen molar-refractivity contribution < 1.29 is 0 Å². The van der Waals surface area contributed by atoms with Gasteiger partial charge in [-0.05, 0) is 54.5 Å². The monoisotopic (exact) mass is 335 g/mol. The maximum Gasteiger partial charge on any atom is 0.224 e. The second kappa shape index (κ2) is 6.66. The molecule has 0 aliphatic heterocycles. The van der Waals surface area contributed by atoms with E-state index in [0.29, 0.717) is 9.93 Å². The summed E-state index contributed by atoms with van der Waals surface area (Å²) < 4.78 is 0. The minimum absolute atomic E-state index is 0.692. The lowest BCUT2D eigenvalue weighted by atomic mass is 10.8. The van der Waals surface area contributed by atoms with Gasteiger partial charge < -0.3 is 0 Å². The summed E-state index contributed by atoms with van der Waals surface area (Å²) in [4.78, 5) is 22.8. The Hall–Kier alpha value is -0.420. The smallest absolute Gasteiger partial charge is 0.224 e. The molecule has 0 atom stereocenters. The molecule has 0 unspecified atom stereocenters. The van der Waals surface area contributed by atoms with Crippen LogP contribution in [0, 0.1) is 0 Å². The number of hydrogen-bond donors (Lipinski definition) is 0. The normalized spacial score (nSPS) is 14.5. The SMILES string of the molecule is CN=c1nc(N=c2nc(N=C(C)SC)ss2)ss1. The Morgan fingerprint density at radius 3 is 2.39 bits per heavy atom. The summed E-state index contributed by atoms with van der Waals surface area (Å²) in [6.45, 7) is 1.96. The van der Waals surface area contributed by atoms with Crippen LogP contribution in [-0.4, -0.2) is 28.3 Å². The summed E-state index contributed by atoms with van der Waals surface area (Å²) in [6, 6.07) is 0. The molecule has 0 fully saturated rings. The summed E-state index contributed by atoms with van der Waals surface area (Å²) in [5.74, 6) is 0. The van der Waals surface area contributed by atoms with Crippen molar-refractivity contribution in [2.24, 2.45) is 15.0 Å². The molecule has 2 aromatic heterocycles. The fourth-order valence-corrected chi connectivity index (χ4v) is 4.47. The van der Waals surface area contributed by atoms with E-state index in [1.165, 1.54) is 41.4 Å². The topological polar surface area (TPSA) is 62.9 Å². The van der Waals surface area contributed by atoms with Crippen molar-refractivity contribution in [3.63, 3.8) is 0 Å². The predicted molar refractivity (Wildman–Crippen MR) is 83.0 cm³/mol. The van der Waals surface area contributed by atoms with Gasteiger partial charge in [-0.1, -0.05) is 0 Å². The Bertz CT molecular complexity index is 672. The van der Waals surface area contributed by atoms with Crippen molar-refractivity contribution in [3.05, 3.63) is 9.60 Å². The van der Waals surface area contributed by atoms with Crippen LogP contribution in [0.4, 0.5) is 10.3 Å². The number of thioether (sulfide) groups is 1. The highest BCUT2D eigenvalue weighted by atomic mass is 32.9. The number of hydrogen-bond acceptors (Lipinski definition) is 10. The van der Waals surface area contributed by atoms with Crippen molar-refractivity contribution >= 4 is 68.4 Å². The predicted octanol–water partition coefficient (Wildman–Crippen LogP) is 2.90. The molecule has 0 N–H and O–H groups in total. The summed E-state index contributed by atoms with van der Waals surface area (Å²) in [5, 5.41) is 2.43. The Labute approximate surface area is 123 Å². The van der Waals surface area contributed by atoms with Crippen molar-refractivity contribution in [1.29, 1.82) is 0 Å². The average molecular weight is 336 g/mol. The molecule has 0 saturated heterocycles. The van der Waals surface area contributed by atoms with Crippen molar-refractivity contribution in [2.45, 2.75) is 6.92 Å². The second-order valence-electron chi connectivity index (χ2n) is 2.86. The standard InChI is InChI=1S/C8H9N5S5/c1-4(14-3)10-6-12-8(18-16-6)13-7-11-5(9-2)15-17-7/h1-3H3. The van der Waals surface area contributed by atoms with Crippen molar-refractivity contribution in [1.82, 2.24) is 9.97 Å². The zero-order valence-electron chi connectivity index (χ0n) is 9.78. The number of aliphatic imine (C=N–C) groups is 1. The molecule has 2 aromatic rings. The summed E-state index contributed by atoms with van der Waals surface area (Å²) >= 11 is 1.61. The van der Waals surface area contributed by atoms with Gasteiger partial charge in [0.05, 0.1) is 5.04 Å². The molecule has 0 aliphatic carbocycles. The Balaban J connectivity index is 2.29. The van der Waals surface area contributed by atoms with Crippen LogP contribution in [0.3, 0.4) is 0 Å². The van der Waals surface area contributed by atoms with E-state index in [1.807, 2.05) is 13.2 Å². The van der Waals surface area contributed by atoms with E-state index in [1.54, 1.807) is 18.8 Å². The van der Waals surface area contributed by atoms with Crippen LogP contribution in [0.5, 0.6) is 0 Å². The fraction of sp³-hybridized carbons (Fsp3) is 0.375. The molecule has 0 amide bonds. The highest BCUT2D eigenvalue weighted by molar-refractivity contribution is 8.13. The molecule has 96 valence electrons. The molecule has 5 nitrogen and oxygen atoms in total. The zero-order chi connectivity index (χ0) is 13.0. The van der Waals surface area contributed by atoms with Gasteiger partial charge in [0.2, 0.25) is 19.9 Å². The Kier molecular flexibility index (Phi) is 5.18. The molecule has 0 radical (unpaired) electrons. The van der Waals surface area contributed by atoms with Gasteiger partial charge in [-0.25, -0.2) is 4.99 Å². The Morgan fingerprint density at radius 1 is 1.06 bits per heavy atom. The van der Waals surface area contributed by atoms with Crippen molar-refractivity contribution in [2.75, 3.05) is 13.3 Å². The van der Waals surface area contributed by atoms with Gasteiger partial charge in [-0.3, -0.25) is 4.99 Å². The van der Waals surface area contributed by atoms with Crippen LogP contribution in [0.1, 0.15) is 6.92 Å². The lowest BCUT2D eigenvalue weighted by Gasteiger charge is -1.88. The van der Waals surface area contributed by atoms with Crippen molar-refractivity contribution in [3.8, 4) is 0 Å². The maximum atomic E-state index is 4.37. The molecule has 0 saturated carbocycles. The molecule has 10 heteroatoms. The highest BCUT2D eigenvalue weighted by Crippen LogP contribution is 2.20. The minimum Gasteiger partial charge on any atom is -0.260 e. The van der Waals surface area contributed by atoms with Gasteiger partial charge in [0.1, 0.15) is 0 Å². The number of nitrogens with zero attached hydrogens (tertiary/aromatic N) is 5. The first kappa shape index (κ1) is 14.0. The van der Waals surface area contributed by atoms with Gasteiger partial charge in [0.15, 0.2) is 0 Å². The summed E-state index contributed by atoms with van der Waals surface area (Å²) in [5.41, 5.74) is 0. The van der Waals surface area contributed by atoms with E-state index in [9.17, 15) is 0 Å². The summed E-state index contributed by atoms with van der Waals surface area (Å²) in [7, 11) is 7.75. The molecule has 2 heterocycles. The quantitative estimate of drug-likeness (QED) is 0.481. The number of aromatic nitrogens is 2. The van der Waals surface area contributed by atoms with Gasteiger partial charge in [0.25, 0.3) is 0 Å². The van der Waals surface area contributed by atoms with E-state index < -0.39 is 0 Å².